The van der Waals surface area contributed by atoms with Crippen molar-refractivity contribution >= 4 is 23.3 Å². The van der Waals surface area contributed by atoms with Crippen LogP contribution in [0.3, 0.4) is 0 Å². The number of hydrogen-bond donors (Lipinski definition) is 3. The molecule has 0 spiro atoms. The number of halogens is 1. The number of carbonyl (C=O) groups is 2. The van der Waals surface area contributed by atoms with Gasteiger partial charge < -0.3 is 15.7 Å². The Labute approximate surface area is 112 Å². The summed E-state index contributed by atoms with van der Waals surface area (Å²) in [6.45, 7) is 0.0630. The Balaban J connectivity index is 2.98. The second-order valence-electron chi connectivity index (χ2n) is 3.76. The van der Waals surface area contributed by atoms with E-state index in [-0.39, 0.29) is 24.6 Å². The molecule has 0 aliphatic heterocycles. The first-order valence-electron chi connectivity index (χ1n) is 5.52. The van der Waals surface area contributed by atoms with Crippen molar-refractivity contribution in [2.24, 2.45) is 0 Å². The van der Waals surface area contributed by atoms with Crippen LogP contribution in [0.25, 0.3) is 0 Å². The highest BCUT2D eigenvalue weighted by atomic mass is 19.1. The lowest BCUT2D eigenvalue weighted by molar-refractivity contribution is -0.385. The Kier molecular flexibility index (Phi) is 4.95. The number of anilines is 1. The van der Waals surface area contributed by atoms with E-state index in [0.29, 0.717) is 6.07 Å². The van der Waals surface area contributed by atoms with Gasteiger partial charge in [-0.05, 0) is 6.07 Å². The number of rotatable bonds is 6. The molecule has 1 aromatic carbocycles. The minimum atomic E-state index is -1.54. The number of benzene rings is 1. The molecule has 0 atom stereocenters. The molecule has 1 rings (SSSR count). The van der Waals surface area contributed by atoms with Crippen LogP contribution in [-0.2, 0) is 4.79 Å². The van der Waals surface area contributed by atoms with Gasteiger partial charge in [0.05, 0.1) is 16.7 Å². The van der Waals surface area contributed by atoms with Gasteiger partial charge in [0.25, 0.3) is 5.69 Å². The van der Waals surface area contributed by atoms with Crippen LogP contribution in [0.2, 0.25) is 0 Å². The van der Waals surface area contributed by atoms with E-state index >= 15 is 0 Å². The smallest absolute Gasteiger partial charge is 0.342 e. The Morgan fingerprint density at radius 1 is 1.45 bits per heavy atom. The number of carboxylic acid groups (broad SMARTS) is 1. The maximum absolute atomic E-state index is 13.6. The van der Waals surface area contributed by atoms with Crippen molar-refractivity contribution in [1.29, 1.82) is 0 Å². The van der Waals surface area contributed by atoms with Crippen LogP contribution in [0, 0.1) is 15.9 Å². The number of amides is 1. The minimum Gasteiger partial charge on any atom is -0.477 e. The molecule has 0 fully saturated rings. The van der Waals surface area contributed by atoms with Crippen LogP contribution in [0.15, 0.2) is 12.1 Å². The van der Waals surface area contributed by atoms with Crippen molar-refractivity contribution in [3.63, 3.8) is 0 Å². The van der Waals surface area contributed by atoms with Gasteiger partial charge in [0.1, 0.15) is 5.56 Å². The zero-order valence-electron chi connectivity index (χ0n) is 10.5. The minimum absolute atomic E-state index is 0.0509. The molecule has 0 aromatic heterocycles. The zero-order chi connectivity index (χ0) is 15.3. The van der Waals surface area contributed by atoms with Gasteiger partial charge in [-0.1, -0.05) is 0 Å². The number of aromatic carboxylic acids is 1. The maximum atomic E-state index is 13.6. The summed E-state index contributed by atoms with van der Waals surface area (Å²) in [6.07, 6.45) is 0.0509. The summed E-state index contributed by atoms with van der Waals surface area (Å²) in [4.78, 5) is 31.5. The standard InChI is InChI=1S/C11H12FN3O5/c1-13-10(16)2-3-14-8-4-6(11(17)18)9(15(19)20)5-7(8)12/h4-5,14H,2-3H2,1H3,(H,13,16)(H,17,18). The first-order chi connectivity index (χ1) is 9.36. The second-order valence-corrected chi connectivity index (χ2v) is 3.76. The number of carboxylic acids is 1. The predicted octanol–water partition coefficient (Wildman–Crippen LogP) is 0.980. The van der Waals surface area contributed by atoms with E-state index in [2.05, 4.69) is 10.6 Å². The summed E-state index contributed by atoms with van der Waals surface area (Å²) >= 11 is 0. The SMILES string of the molecule is CNC(=O)CCNc1cc(C(=O)O)c([N+](=O)[O-])cc1F. The normalized spacial score (nSPS) is 9.90. The van der Waals surface area contributed by atoms with Gasteiger partial charge in [-0.15, -0.1) is 0 Å². The summed E-state index contributed by atoms with van der Waals surface area (Å²) in [7, 11) is 1.44. The van der Waals surface area contributed by atoms with Crippen LogP contribution >= 0.6 is 0 Å². The quantitative estimate of drug-likeness (QED) is 0.529. The van der Waals surface area contributed by atoms with E-state index in [1.807, 2.05) is 0 Å². The molecule has 1 aromatic rings. The molecule has 9 heteroatoms. The second kappa shape index (κ2) is 6.45. The molecule has 108 valence electrons. The third-order valence-electron chi connectivity index (χ3n) is 2.46. The van der Waals surface area contributed by atoms with Crippen molar-refractivity contribution < 1.29 is 24.0 Å². The number of hydrogen-bond acceptors (Lipinski definition) is 5. The molecule has 3 N–H and O–H groups in total. The molecule has 0 aliphatic rings. The molecular weight excluding hydrogens is 273 g/mol. The van der Waals surface area contributed by atoms with E-state index in [9.17, 15) is 24.1 Å². The van der Waals surface area contributed by atoms with Crippen molar-refractivity contribution in [3.8, 4) is 0 Å². The highest BCUT2D eigenvalue weighted by Crippen LogP contribution is 2.26. The van der Waals surface area contributed by atoms with Gasteiger partial charge in [-0.3, -0.25) is 14.9 Å². The summed E-state index contributed by atoms with van der Waals surface area (Å²) < 4.78 is 13.6. The number of nitrogens with zero attached hydrogens (tertiary/aromatic N) is 1. The fraction of sp³-hybridized carbons (Fsp3) is 0.273. The average Bonchev–Trinajstić information content (AvgIpc) is 2.39. The molecule has 0 saturated carbocycles. The van der Waals surface area contributed by atoms with Gasteiger partial charge >= 0.3 is 5.97 Å². The molecule has 0 heterocycles. The third-order valence-corrected chi connectivity index (χ3v) is 2.46. The lowest BCUT2D eigenvalue weighted by Gasteiger charge is -2.08. The molecule has 0 unspecified atom stereocenters. The Morgan fingerprint density at radius 2 is 2.10 bits per heavy atom. The Hall–Kier alpha value is -2.71. The molecule has 1 amide bonds. The number of nitrogens with one attached hydrogen (secondary N) is 2. The van der Waals surface area contributed by atoms with Gasteiger partial charge in [-0.25, -0.2) is 9.18 Å². The molecule has 8 nitrogen and oxygen atoms in total. The van der Waals surface area contributed by atoms with Crippen LogP contribution in [0.5, 0.6) is 0 Å². The Bertz CT molecular complexity index is 561. The molecule has 0 aliphatic carbocycles. The highest BCUT2D eigenvalue weighted by molar-refractivity contribution is 5.93. The summed E-state index contributed by atoms with van der Waals surface area (Å²) in [6, 6.07) is 1.37. The summed E-state index contributed by atoms with van der Waals surface area (Å²) in [5, 5.41) is 24.4. The van der Waals surface area contributed by atoms with Gasteiger partial charge in [0.2, 0.25) is 5.91 Å². The average molecular weight is 285 g/mol. The van der Waals surface area contributed by atoms with Crippen LogP contribution in [-0.4, -0.2) is 35.5 Å². The van der Waals surface area contributed by atoms with Gasteiger partial charge in [-0.2, -0.15) is 0 Å². The van der Waals surface area contributed by atoms with E-state index < -0.39 is 28.0 Å². The van der Waals surface area contributed by atoms with Crippen LogP contribution < -0.4 is 10.6 Å². The maximum Gasteiger partial charge on any atom is 0.342 e. The topological polar surface area (TPSA) is 122 Å². The van der Waals surface area contributed by atoms with Crippen molar-refractivity contribution in [2.75, 3.05) is 18.9 Å². The van der Waals surface area contributed by atoms with Crippen molar-refractivity contribution in [3.05, 3.63) is 33.6 Å². The highest BCUT2D eigenvalue weighted by Gasteiger charge is 2.23. The number of nitro benzene ring substituents is 1. The molecular formula is C11H12FN3O5. The fourth-order valence-corrected chi connectivity index (χ4v) is 1.46. The van der Waals surface area contributed by atoms with E-state index in [1.165, 1.54) is 7.05 Å². The third kappa shape index (κ3) is 3.64. The summed E-state index contributed by atoms with van der Waals surface area (Å²) in [5.74, 6) is -2.78. The first kappa shape index (κ1) is 15.3. The lowest BCUT2D eigenvalue weighted by atomic mass is 10.1. The number of nitro groups is 1. The fourth-order valence-electron chi connectivity index (χ4n) is 1.46. The number of carbonyl (C=O) groups excluding carboxylic acids is 1. The monoisotopic (exact) mass is 285 g/mol. The van der Waals surface area contributed by atoms with Crippen molar-refractivity contribution in [1.82, 2.24) is 5.32 Å². The summed E-state index contributed by atoms with van der Waals surface area (Å²) in [5.41, 5.74) is -1.66. The molecule has 20 heavy (non-hydrogen) atoms. The van der Waals surface area contributed by atoms with E-state index in [0.717, 1.165) is 6.07 Å². The molecule has 0 saturated heterocycles. The predicted molar refractivity (Wildman–Crippen MR) is 67.2 cm³/mol. The lowest BCUT2D eigenvalue weighted by Crippen LogP contribution is -2.21. The van der Waals surface area contributed by atoms with Crippen molar-refractivity contribution in [2.45, 2.75) is 6.42 Å². The van der Waals surface area contributed by atoms with Crippen LogP contribution in [0.4, 0.5) is 15.8 Å². The zero-order valence-corrected chi connectivity index (χ0v) is 10.5. The molecule has 0 radical (unpaired) electrons. The largest absolute Gasteiger partial charge is 0.477 e. The van der Waals surface area contributed by atoms with Crippen LogP contribution in [0.1, 0.15) is 16.8 Å². The molecule has 0 bridgehead atoms. The first-order valence-corrected chi connectivity index (χ1v) is 5.52. The van der Waals surface area contributed by atoms with E-state index in [1.54, 1.807) is 0 Å². The van der Waals surface area contributed by atoms with E-state index in [4.69, 9.17) is 5.11 Å². The van der Waals surface area contributed by atoms with Gasteiger partial charge in [0.15, 0.2) is 5.82 Å². The van der Waals surface area contributed by atoms with Gasteiger partial charge in [0, 0.05) is 20.0 Å². The Morgan fingerprint density at radius 3 is 2.60 bits per heavy atom.